The van der Waals surface area contributed by atoms with Gasteiger partial charge in [-0.1, -0.05) is 41.9 Å². The molecule has 1 amide bonds. The highest BCUT2D eigenvalue weighted by molar-refractivity contribution is 6.30. The smallest absolute Gasteiger partial charge is 0.331 e. The molecule has 1 aromatic heterocycles. The molecule has 7 heteroatoms. The number of fused-ring (bicyclic) bond motifs is 2. The number of methoxy groups -OCH3 is 1. The van der Waals surface area contributed by atoms with Gasteiger partial charge in [0.1, 0.15) is 5.54 Å². The summed E-state index contributed by atoms with van der Waals surface area (Å²) in [4.78, 5) is 33.0. The molecule has 196 valence electrons. The number of likely N-dealkylation sites (N-methyl/N-ethyl adjacent to an activating group) is 1. The number of anilines is 1. The maximum absolute atomic E-state index is 13.9. The van der Waals surface area contributed by atoms with Gasteiger partial charge < -0.3 is 15.0 Å². The zero-order chi connectivity index (χ0) is 26.8. The predicted octanol–water partition coefficient (Wildman–Crippen LogP) is 5.67. The van der Waals surface area contributed by atoms with Gasteiger partial charge in [-0.2, -0.15) is 0 Å². The molecule has 1 spiro atoms. The van der Waals surface area contributed by atoms with E-state index in [2.05, 4.69) is 28.5 Å². The Balaban J connectivity index is 1.41. The van der Waals surface area contributed by atoms with E-state index < -0.39 is 11.0 Å². The number of nitrogens with zero attached hydrogens (tertiary/aromatic N) is 2. The van der Waals surface area contributed by atoms with Crippen molar-refractivity contribution in [2.75, 3.05) is 26.0 Å². The molecule has 1 saturated carbocycles. The van der Waals surface area contributed by atoms with Crippen LogP contribution in [-0.4, -0.2) is 48.0 Å². The van der Waals surface area contributed by atoms with Gasteiger partial charge in [-0.05, 0) is 85.2 Å². The summed E-state index contributed by atoms with van der Waals surface area (Å²) in [6, 6.07) is 19.6. The fourth-order valence-electron chi connectivity index (χ4n) is 5.98. The van der Waals surface area contributed by atoms with E-state index in [1.54, 1.807) is 18.5 Å². The highest BCUT2D eigenvalue weighted by Gasteiger charge is 2.53. The van der Waals surface area contributed by atoms with Crippen molar-refractivity contribution in [2.24, 2.45) is 0 Å². The normalized spacial score (nSPS) is 21.9. The van der Waals surface area contributed by atoms with Gasteiger partial charge in [-0.3, -0.25) is 9.78 Å². The Labute approximate surface area is 228 Å². The standard InChI is InChI=1S/C31H32ClN3O3/c1-35(19-12-22-10-17-33-18-11-22)28(36)27-20-23-6-3-4-9-26(23)30(27)13-15-31(16-14-30,29(37)38-2)34-25-8-5-7-24(32)21-25/h3-11,17-18,20-21,34H,12-16,19H2,1-2H3. The van der Waals surface area contributed by atoms with E-state index in [0.29, 0.717) is 37.3 Å². The number of halogens is 1. The Hall–Kier alpha value is -3.64. The number of pyridine rings is 1. The lowest BCUT2D eigenvalue weighted by atomic mass is 9.62. The van der Waals surface area contributed by atoms with E-state index in [1.165, 1.54) is 7.11 Å². The van der Waals surface area contributed by atoms with E-state index in [4.69, 9.17) is 16.3 Å². The third-order valence-corrected chi connectivity index (χ3v) is 8.33. The maximum Gasteiger partial charge on any atom is 0.331 e. The molecule has 2 aromatic carbocycles. The number of esters is 1. The summed E-state index contributed by atoms with van der Waals surface area (Å²) in [7, 11) is 3.29. The van der Waals surface area contributed by atoms with E-state index in [1.807, 2.05) is 54.4 Å². The van der Waals surface area contributed by atoms with Crippen LogP contribution in [-0.2, 0) is 26.2 Å². The van der Waals surface area contributed by atoms with Gasteiger partial charge >= 0.3 is 5.97 Å². The fraction of sp³-hybridized carbons (Fsp3) is 0.323. The lowest BCUT2D eigenvalue weighted by molar-refractivity contribution is -0.147. The topological polar surface area (TPSA) is 71.5 Å². The van der Waals surface area contributed by atoms with Crippen LogP contribution in [0.3, 0.4) is 0 Å². The van der Waals surface area contributed by atoms with Crippen molar-refractivity contribution in [3.05, 3.63) is 100 Å². The van der Waals surface area contributed by atoms with Crippen molar-refractivity contribution in [2.45, 2.75) is 43.1 Å². The van der Waals surface area contributed by atoms with Crippen LogP contribution in [0, 0.1) is 0 Å². The average molecular weight is 530 g/mol. The Bertz CT molecular complexity index is 1360. The Morgan fingerprint density at radius 3 is 2.47 bits per heavy atom. The quantitative estimate of drug-likeness (QED) is 0.399. The Kier molecular flexibility index (Phi) is 7.26. The SMILES string of the molecule is COC(=O)C1(Nc2cccc(Cl)c2)CCC2(CC1)C(C(=O)N(C)CCc1ccncc1)=Cc1ccccc12. The van der Waals surface area contributed by atoms with Gasteiger partial charge in [0.15, 0.2) is 0 Å². The number of carbonyl (C=O) groups excluding carboxylic acids is 2. The largest absolute Gasteiger partial charge is 0.467 e. The zero-order valence-electron chi connectivity index (χ0n) is 21.7. The molecule has 0 bridgehead atoms. The van der Waals surface area contributed by atoms with Crippen LogP contribution >= 0.6 is 11.6 Å². The number of ether oxygens (including phenoxy) is 1. The first kappa shape index (κ1) is 26.0. The molecule has 3 aromatic rings. The second kappa shape index (κ2) is 10.6. The molecule has 1 fully saturated rings. The number of aromatic nitrogens is 1. The summed E-state index contributed by atoms with van der Waals surface area (Å²) >= 11 is 6.22. The van der Waals surface area contributed by atoms with E-state index in [-0.39, 0.29) is 11.9 Å². The molecule has 0 aliphatic heterocycles. The number of hydrogen-bond acceptors (Lipinski definition) is 5. The van der Waals surface area contributed by atoms with Crippen LogP contribution in [0.25, 0.3) is 6.08 Å². The summed E-state index contributed by atoms with van der Waals surface area (Å²) in [5.74, 6) is -0.270. The number of amides is 1. The van der Waals surface area contributed by atoms with Gasteiger partial charge in [0, 0.05) is 47.7 Å². The lowest BCUT2D eigenvalue weighted by Gasteiger charge is -2.46. The molecule has 6 nitrogen and oxygen atoms in total. The molecular weight excluding hydrogens is 498 g/mol. The first-order chi connectivity index (χ1) is 18.4. The fourth-order valence-corrected chi connectivity index (χ4v) is 6.17. The number of benzene rings is 2. The van der Waals surface area contributed by atoms with Crippen LogP contribution < -0.4 is 5.32 Å². The number of hydrogen-bond donors (Lipinski definition) is 1. The lowest BCUT2D eigenvalue weighted by Crippen LogP contribution is -2.53. The van der Waals surface area contributed by atoms with E-state index in [9.17, 15) is 9.59 Å². The minimum atomic E-state index is -0.899. The monoisotopic (exact) mass is 529 g/mol. The Morgan fingerprint density at radius 1 is 1.03 bits per heavy atom. The highest BCUT2D eigenvalue weighted by atomic mass is 35.5. The van der Waals surface area contributed by atoms with E-state index >= 15 is 0 Å². The van der Waals surface area contributed by atoms with Gasteiger partial charge in [0.25, 0.3) is 0 Å². The molecule has 2 aliphatic rings. The molecule has 0 saturated heterocycles. The molecule has 0 unspecified atom stereocenters. The summed E-state index contributed by atoms with van der Waals surface area (Å²) in [5.41, 5.74) is 3.60. The Morgan fingerprint density at radius 2 is 1.76 bits per heavy atom. The van der Waals surface area contributed by atoms with Gasteiger partial charge in [-0.25, -0.2) is 4.79 Å². The minimum Gasteiger partial charge on any atom is -0.467 e. The van der Waals surface area contributed by atoms with Gasteiger partial charge in [0.2, 0.25) is 5.91 Å². The molecule has 2 aliphatic carbocycles. The molecule has 0 atom stereocenters. The second-order valence-corrected chi connectivity index (χ2v) is 10.7. The first-order valence-corrected chi connectivity index (χ1v) is 13.3. The van der Waals surface area contributed by atoms with Crippen LogP contribution in [0.15, 0.2) is 78.6 Å². The van der Waals surface area contributed by atoms with E-state index in [0.717, 1.165) is 34.4 Å². The summed E-state index contributed by atoms with van der Waals surface area (Å²) in [5, 5.41) is 4.04. The summed E-state index contributed by atoms with van der Waals surface area (Å²) < 4.78 is 5.27. The van der Waals surface area contributed by atoms with Crippen molar-refractivity contribution < 1.29 is 14.3 Å². The van der Waals surface area contributed by atoms with Crippen LogP contribution in [0.2, 0.25) is 5.02 Å². The van der Waals surface area contributed by atoms with Crippen molar-refractivity contribution in [3.8, 4) is 0 Å². The molecular formula is C31H32ClN3O3. The zero-order valence-corrected chi connectivity index (χ0v) is 22.5. The third-order valence-electron chi connectivity index (χ3n) is 8.10. The van der Waals surface area contributed by atoms with Crippen LogP contribution in [0.4, 0.5) is 5.69 Å². The highest BCUT2D eigenvalue weighted by Crippen LogP contribution is 2.54. The molecule has 5 rings (SSSR count). The molecule has 38 heavy (non-hydrogen) atoms. The van der Waals surface area contributed by atoms with Crippen molar-refractivity contribution in [1.29, 1.82) is 0 Å². The van der Waals surface area contributed by atoms with Crippen molar-refractivity contribution >= 4 is 35.2 Å². The third kappa shape index (κ3) is 4.81. The average Bonchev–Trinajstić information content (AvgIpc) is 3.26. The molecule has 1 heterocycles. The van der Waals surface area contributed by atoms with Gasteiger partial charge in [0.05, 0.1) is 7.11 Å². The molecule has 0 radical (unpaired) electrons. The summed E-state index contributed by atoms with van der Waals surface area (Å²) in [6.45, 7) is 0.606. The number of rotatable bonds is 7. The maximum atomic E-state index is 13.9. The minimum absolute atomic E-state index is 0.0311. The summed E-state index contributed by atoms with van der Waals surface area (Å²) in [6.07, 6.45) is 8.68. The number of carbonyl (C=O) groups is 2. The molecule has 1 N–H and O–H groups in total. The first-order valence-electron chi connectivity index (χ1n) is 13.0. The number of nitrogens with one attached hydrogen (secondary N) is 1. The predicted molar refractivity (Wildman–Crippen MR) is 150 cm³/mol. The van der Waals surface area contributed by atoms with Crippen LogP contribution in [0.1, 0.15) is 42.4 Å². The second-order valence-electron chi connectivity index (χ2n) is 10.3. The van der Waals surface area contributed by atoms with Crippen LogP contribution in [0.5, 0.6) is 0 Å². The van der Waals surface area contributed by atoms with Crippen molar-refractivity contribution in [3.63, 3.8) is 0 Å². The van der Waals surface area contributed by atoms with Crippen molar-refractivity contribution in [1.82, 2.24) is 9.88 Å². The van der Waals surface area contributed by atoms with Gasteiger partial charge in [-0.15, -0.1) is 0 Å².